The summed E-state index contributed by atoms with van der Waals surface area (Å²) in [5, 5.41) is 22.1. The predicted molar refractivity (Wildman–Crippen MR) is 117 cm³/mol. The number of aromatic hydroxyl groups is 1. The van der Waals surface area contributed by atoms with Crippen molar-refractivity contribution in [1.29, 1.82) is 5.26 Å². The molecule has 0 aromatic heterocycles. The summed E-state index contributed by atoms with van der Waals surface area (Å²) < 4.78 is 0. The number of carbonyl (C=O) groups excluding carboxylic acids is 1. The molecular weight excluding hydrogens is 376 g/mol. The molecule has 1 heterocycles. The number of hydrogen-bond donors (Lipinski definition) is 2. The number of likely N-dealkylation sites (N-methyl/N-ethyl adjacent to an activating group) is 2. The zero-order valence-corrected chi connectivity index (χ0v) is 17.7. The third-order valence-electron chi connectivity index (χ3n) is 6.91. The van der Waals surface area contributed by atoms with Gasteiger partial charge in [0.2, 0.25) is 0 Å². The third-order valence-corrected chi connectivity index (χ3v) is 6.91. The van der Waals surface area contributed by atoms with E-state index < -0.39 is 0 Å². The summed E-state index contributed by atoms with van der Waals surface area (Å²) in [5.74, 6) is 0.274. The Balaban J connectivity index is 1.68. The molecule has 2 bridgehead atoms. The van der Waals surface area contributed by atoms with Gasteiger partial charge in [-0.25, -0.2) is 4.79 Å². The number of nitriles is 1. The molecule has 2 aromatic rings. The van der Waals surface area contributed by atoms with Gasteiger partial charge in [0.25, 0.3) is 0 Å². The molecule has 0 unspecified atom stereocenters. The molecule has 156 valence electrons. The van der Waals surface area contributed by atoms with E-state index in [4.69, 9.17) is 5.26 Å². The molecule has 0 spiro atoms. The summed E-state index contributed by atoms with van der Waals surface area (Å²) in [6.45, 7) is 5.78. The van der Waals surface area contributed by atoms with Crippen molar-refractivity contribution in [2.75, 3.05) is 25.5 Å². The van der Waals surface area contributed by atoms with Crippen molar-refractivity contribution in [1.82, 2.24) is 9.80 Å². The van der Waals surface area contributed by atoms with Gasteiger partial charge < -0.3 is 20.2 Å². The molecule has 1 aliphatic heterocycles. The zero-order valence-electron chi connectivity index (χ0n) is 17.7. The van der Waals surface area contributed by atoms with E-state index in [-0.39, 0.29) is 29.3 Å². The first-order valence-corrected chi connectivity index (χ1v) is 10.5. The van der Waals surface area contributed by atoms with Crippen LogP contribution in [0.15, 0.2) is 42.5 Å². The lowest BCUT2D eigenvalue weighted by molar-refractivity contribution is 0.0136. The summed E-state index contributed by atoms with van der Waals surface area (Å²) in [7, 11) is 2.13. The second-order valence-corrected chi connectivity index (χ2v) is 8.61. The van der Waals surface area contributed by atoms with Crippen LogP contribution in [0.1, 0.15) is 37.0 Å². The minimum atomic E-state index is -0.235. The lowest BCUT2D eigenvalue weighted by Gasteiger charge is -2.57. The van der Waals surface area contributed by atoms with Crippen LogP contribution in [0.5, 0.6) is 5.75 Å². The molecule has 2 N–H and O–H groups in total. The van der Waals surface area contributed by atoms with E-state index in [1.54, 1.807) is 30.3 Å². The van der Waals surface area contributed by atoms with Gasteiger partial charge >= 0.3 is 6.03 Å². The Bertz CT molecular complexity index is 997. The second-order valence-electron chi connectivity index (χ2n) is 8.61. The topological polar surface area (TPSA) is 79.6 Å². The molecule has 1 aliphatic carbocycles. The van der Waals surface area contributed by atoms with E-state index in [2.05, 4.69) is 30.3 Å². The number of likely N-dealkylation sites (tertiary alicyclic amines) is 1. The number of urea groups is 1. The van der Waals surface area contributed by atoms with Crippen LogP contribution in [0.2, 0.25) is 0 Å². The van der Waals surface area contributed by atoms with Gasteiger partial charge in [-0.05, 0) is 80.9 Å². The van der Waals surface area contributed by atoms with E-state index in [0.29, 0.717) is 17.8 Å². The monoisotopic (exact) mass is 404 g/mol. The zero-order chi connectivity index (χ0) is 21.5. The van der Waals surface area contributed by atoms with Gasteiger partial charge in [-0.2, -0.15) is 5.26 Å². The van der Waals surface area contributed by atoms with Crippen LogP contribution in [0.3, 0.4) is 0 Å². The fourth-order valence-corrected chi connectivity index (χ4v) is 5.29. The molecule has 6 nitrogen and oxygen atoms in total. The van der Waals surface area contributed by atoms with E-state index in [9.17, 15) is 9.90 Å². The first kappa shape index (κ1) is 20.2. The molecule has 1 saturated heterocycles. The highest BCUT2D eigenvalue weighted by atomic mass is 16.3. The Kier molecular flexibility index (Phi) is 5.17. The number of fused-ring (bicyclic) bond motifs is 4. The number of carbonyl (C=O) groups is 1. The smallest absolute Gasteiger partial charge is 0.322 e. The molecule has 0 radical (unpaired) electrons. The maximum absolute atomic E-state index is 13.3. The molecular formula is C24H28N4O2. The van der Waals surface area contributed by atoms with E-state index in [1.807, 2.05) is 24.0 Å². The van der Waals surface area contributed by atoms with Crippen molar-refractivity contribution in [3.05, 3.63) is 59.2 Å². The van der Waals surface area contributed by atoms with Gasteiger partial charge in [-0.3, -0.25) is 0 Å². The fraction of sp³-hybridized carbons (Fsp3) is 0.417. The number of nitrogens with zero attached hydrogens (tertiary/aromatic N) is 3. The number of amides is 2. The van der Waals surface area contributed by atoms with Gasteiger partial charge in [0.05, 0.1) is 17.7 Å². The number of nitrogens with one attached hydrogen (secondary N) is 1. The Morgan fingerprint density at radius 1 is 1.33 bits per heavy atom. The number of benzene rings is 2. The van der Waals surface area contributed by atoms with Gasteiger partial charge in [-0.1, -0.05) is 13.0 Å². The molecule has 1 fully saturated rings. The lowest BCUT2D eigenvalue weighted by atomic mass is 9.61. The van der Waals surface area contributed by atoms with Crippen LogP contribution in [-0.4, -0.2) is 53.2 Å². The lowest BCUT2D eigenvalue weighted by Crippen LogP contribution is -2.68. The molecule has 6 heteroatoms. The van der Waals surface area contributed by atoms with E-state index in [0.717, 1.165) is 24.9 Å². The summed E-state index contributed by atoms with van der Waals surface area (Å²) in [6, 6.07) is 14.8. The van der Waals surface area contributed by atoms with Crippen molar-refractivity contribution < 1.29 is 9.90 Å². The first-order valence-electron chi connectivity index (χ1n) is 10.5. The van der Waals surface area contributed by atoms with Crippen LogP contribution in [0.4, 0.5) is 10.5 Å². The SMILES string of the molecule is CCN(C(=O)Nc1ccc(C#N)cc1)[C@H]1[C@H]2Cc3ccc(O)cc3[C@@]1(C)CCN2C. The van der Waals surface area contributed by atoms with Crippen molar-refractivity contribution >= 4 is 11.7 Å². The summed E-state index contributed by atoms with van der Waals surface area (Å²) in [5.41, 5.74) is 3.41. The van der Waals surface area contributed by atoms with E-state index in [1.165, 1.54) is 5.56 Å². The molecule has 2 aromatic carbocycles. The number of rotatable bonds is 3. The highest BCUT2D eigenvalue weighted by Crippen LogP contribution is 2.47. The minimum absolute atomic E-state index is 0.00562. The molecule has 4 rings (SSSR count). The predicted octanol–water partition coefficient (Wildman–Crippen LogP) is 3.70. The van der Waals surface area contributed by atoms with Crippen LogP contribution >= 0.6 is 0 Å². The quantitative estimate of drug-likeness (QED) is 0.817. The third kappa shape index (κ3) is 3.29. The molecule has 30 heavy (non-hydrogen) atoms. The van der Waals surface area contributed by atoms with Crippen LogP contribution in [0, 0.1) is 11.3 Å². The second kappa shape index (κ2) is 7.66. The molecule has 2 amide bonds. The van der Waals surface area contributed by atoms with Crippen molar-refractivity contribution in [3.8, 4) is 11.8 Å². The van der Waals surface area contributed by atoms with Gasteiger partial charge in [0, 0.05) is 23.7 Å². The van der Waals surface area contributed by atoms with Crippen LogP contribution in [-0.2, 0) is 11.8 Å². The largest absolute Gasteiger partial charge is 0.508 e. The number of phenols is 1. The average molecular weight is 405 g/mol. The Hall–Kier alpha value is -3.04. The maximum atomic E-state index is 13.3. The summed E-state index contributed by atoms with van der Waals surface area (Å²) in [4.78, 5) is 17.6. The Morgan fingerprint density at radius 3 is 2.73 bits per heavy atom. The highest BCUT2D eigenvalue weighted by molar-refractivity contribution is 5.90. The fourth-order valence-electron chi connectivity index (χ4n) is 5.29. The number of anilines is 1. The van der Waals surface area contributed by atoms with Gasteiger partial charge in [0.15, 0.2) is 0 Å². The Morgan fingerprint density at radius 2 is 2.07 bits per heavy atom. The van der Waals surface area contributed by atoms with E-state index >= 15 is 0 Å². The van der Waals surface area contributed by atoms with Gasteiger partial charge in [-0.15, -0.1) is 0 Å². The summed E-state index contributed by atoms with van der Waals surface area (Å²) >= 11 is 0. The average Bonchev–Trinajstić information content (AvgIpc) is 2.74. The van der Waals surface area contributed by atoms with Gasteiger partial charge in [0.1, 0.15) is 5.75 Å². The molecule has 0 saturated carbocycles. The number of phenolic OH excluding ortho intramolecular Hbond substituents is 1. The van der Waals surface area contributed by atoms with Crippen LogP contribution in [0.25, 0.3) is 0 Å². The molecule has 3 atom stereocenters. The first-order chi connectivity index (χ1) is 14.4. The van der Waals surface area contributed by atoms with Crippen molar-refractivity contribution in [2.45, 2.75) is 44.2 Å². The maximum Gasteiger partial charge on any atom is 0.322 e. The number of hydrogen-bond acceptors (Lipinski definition) is 4. The highest BCUT2D eigenvalue weighted by Gasteiger charge is 2.53. The molecule has 2 aliphatic rings. The van der Waals surface area contributed by atoms with Crippen molar-refractivity contribution in [3.63, 3.8) is 0 Å². The minimum Gasteiger partial charge on any atom is -0.508 e. The van der Waals surface area contributed by atoms with Crippen LogP contribution < -0.4 is 5.32 Å². The van der Waals surface area contributed by atoms with Crippen molar-refractivity contribution in [2.24, 2.45) is 0 Å². The summed E-state index contributed by atoms with van der Waals surface area (Å²) in [6.07, 6.45) is 1.77. The standard InChI is InChI=1S/C24H28N4O2/c1-4-28(23(30)26-18-8-5-16(15-25)6-9-18)22-21-13-17-7-10-19(29)14-20(17)24(22,2)11-12-27(21)3/h5-10,14,21-22,29H,4,11-13H2,1-3H3,(H,26,30)/t21-,22+,24-/m1/s1. The number of piperidine rings is 1. The normalized spacial score (nSPS) is 25.1. The Labute approximate surface area is 177 Å².